The van der Waals surface area contributed by atoms with E-state index in [9.17, 15) is 4.79 Å². The average Bonchev–Trinajstić information content (AvgIpc) is 2.41. The summed E-state index contributed by atoms with van der Waals surface area (Å²) in [6.45, 7) is 6.72. The molecule has 2 aliphatic heterocycles. The molecule has 0 spiro atoms. The predicted molar refractivity (Wildman–Crippen MR) is 62.5 cm³/mol. The van der Waals surface area contributed by atoms with Gasteiger partial charge in [0.1, 0.15) is 0 Å². The summed E-state index contributed by atoms with van der Waals surface area (Å²) in [5, 5.41) is 15.2. The van der Waals surface area contributed by atoms with Crippen molar-refractivity contribution in [1.29, 1.82) is 0 Å². The van der Waals surface area contributed by atoms with Crippen LogP contribution in [0.3, 0.4) is 0 Å². The predicted octanol–water partition coefficient (Wildman–Crippen LogP) is 1.95. The van der Waals surface area contributed by atoms with Crippen LogP contribution < -0.4 is 10.6 Å². The van der Waals surface area contributed by atoms with Crippen molar-refractivity contribution in [2.75, 3.05) is 0 Å². The molecule has 0 radical (unpaired) electrons. The maximum Gasteiger partial charge on any atom is 0.404 e. The van der Waals surface area contributed by atoms with Gasteiger partial charge in [-0.25, -0.2) is 4.79 Å². The Hall–Kier alpha value is -0.770. The molecule has 2 rings (SSSR count). The lowest BCUT2D eigenvalue weighted by molar-refractivity contribution is 0.0985. The van der Waals surface area contributed by atoms with Gasteiger partial charge in [-0.3, -0.25) is 0 Å². The van der Waals surface area contributed by atoms with Crippen LogP contribution in [0.4, 0.5) is 4.79 Å². The van der Waals surface area contributed by atoms with Crippen LogP contribution in [0.15, 0.2) is 0 Å². The van der Waals surface area contributed by atoms with Gasteiger partial charge >= 0.3 is 6.09 Å². The van der Waals surface area contributed by atoms with Gasteiger partial charge in [0.2, 0.25) is 0 Å². The van der Waals surface area contributed by atoms with Gasteiger partial charge < -0.3 is 15.7 Å². The molecule has 0 aliphatic carbocycles. The van der Waals surface area contributed by atoms with Crippen molar-refractivity contribution >= 4 is 6.09 Å². The third-order valence-corrected chi connectivity index (χ3v) is 4.33. The van der Waals surface area contributed by atoms with E-state index in [1.807, 2.05) is 0 Å². The zero-order valence-corrected chi connectivity index (χ0v) is 10.3. The average molecular weight is 226 g/mol. The first-order valence-corrected chi connectivity index (χ1v) is 6.10. The Labute approximate surface area is 96.8 Å². The SMILES string of the molecule is CC(C)(C)C12CCC(CC(NC(=O)O)C1)N2. The van der Waals surface area contributed by atoms with Crippen LogP contribution in [0.5, 0.6) is 0 Å². The lowest BCUT2D eigenvalue weighted by atomic mass is 9.68. The van der Waals surface area contributed by atoms with Gasteiger partial charge in [-0.05, 0) is 31.1 Å². The minimum atomic E-state index is -0.893. The van der Waals surface area contributed by atoms with Crippen molar-refractivity contribution < 1.29 is 9.90 Å². The first-order valence-electron chi connectivity index (χ1n) is 6.10. The zero-order chi connectivity index (χ0) is 12.0. The number of nitrogens with one attached hydrogen (secondary N) is 2. The Morgan fingerprint density at radius 2 is 2.19 bits per heavy atom. The van der Waals surface area contributed by atoms with E-state index in [1.165, 1.54) is 12.8 Å². The number of hydrogen-bond donors (Lipinski definition) is 3. The smallest absolute Gasteiger partial charge is 0.404 e. The van der Waals surface area contributed by atoms with Gasteiger partial charge in [-0.15, -0.1) is 0 Å². The molecular weight excluding hydrogens is 204 g/mol. The van der Waals surface area contributed by atoms with E-state index in [1.54, 1.807) is 0 Å². The largest absolute Gasteiger partial charge is 0.465 e. The summed E-state index contributed by atoms with van der Waals surface area (Å²) in [6.07, 6.45) is 3.30. The fourth-order valence-electron chi connectivity index (χ4n) is 3.32. The minimum absolute atomic E-state index is 0.114. The fraction of sp³-hybridized carbons (Fsp3) is 0.917. The summed E-state index contributed by atoms with van der Waals surface area (Å²) in [7, 11) is 0. The van der Waals surface area contributed by atoms with Crippen LogP contribution in [0, 0.1) is 5.41 Å². The van der Waals surface area contributed by atoms with Crippen molar-refractivity contribution in [1.82, 2.24) is 10.6 Å². The van der Waals surface area contributed by atoms with Crippen molar-refractivity contribution in [3.8, 4) is 0 Å². The molecule has 4 heteroatoms. The van der Waals surface area contributed by atoms with Crippen LogP contribution in [0.1, 0.15) is 46.5 Å². The molecule has 1 amide bonds. The highest BCUT2D eigenvalue weighted by Crippen LogP contribution is 2.46. The molecule has 4 nitrogen and oxygen atoms in total. The summed E-state index contributed by atoms with van der Waals surface area (Å²) < 4.78 is 0. The Morgan fingerprint density at radius 1 is 1.50 bits per heavy atom. The van der Waals surface area contributed by atoms with Gasteiger partial charge in [0, 0.05) is 17.6 Å². The highest BCUT2D eigenvalue weighted by molar-refractivity contribution is 5.64. The van der Waals surface area contributed by atoms with Crippen molar-refractivity contribution in [3.63, 3.8) is 0 Å². The number of hydrogen-bond acceptors (Lipinski definition) is 2. The van der Waals surface area contributed by atoms with Gasteiger partial charge in [0.25, 0.3) is 0 Å². The second kappa shape index (κ2) is 3.62. The third kappa shape index (κ3) is 1.90. The van der Waals surface area contributed by atoms with Gasteiger partial charge in [-0.2, -0.15) is 0 Å². The van der Waals surface area contributed by atoms with Gasteiger partial charge in [0.15, 0.2) is 0 Å². The molecule has 3 unspecified atom stereocenters. The molecule has 92 valence electrons. The Kier molecular flexibility index (Phi) is 2.65. The van der Waals surface area contributed by atoms with Crippen LogP contribution in [0.2, 0.25) is 0 Å². The van der Waals surface area contributed by atoms with E-state index in [4.69, 9.17) is 5.11 Å². The van der Waals surface area contributed by atoms with Crippen molar-refractivity contribution in [2.45, 2.75) is 64.1 Å². The first-order chi connectivity index (χ1) is 7.32. The summed E-state index contributed by atoms with van der Waals surface area (Å²) in [5.74, 6) is 0. The standard InChI is InChI=1S/C12H22N2O2/c1-11(2,3)12-5-4-8(14-12)6-9(7-12)13-10(15)16/h8-9,13-14H,4-7H2,1-3H3,(H,15,16). The molecule has 0 aromatic rings. The Bertz CT molecular complexity index is 298. The number of rotatable bonds is 1. The normalized spacial score (nSPS) is 38.4. The second-order valence-electron chi connectivity index (χ2n) is 6.30. The molecule has 0 aromatic heterocycles. The molecule has 3 N–H and O–H groups in total. The summed E-state index contributed by atoms with van der Waals surface area (Å²) in [5.41, 5.74) is 0.295. The third-order valence-electron chi connectivity index (χ3n) is 4.33. The molecule has 0 aromatic carbocycles. The summed E-state index contributed by atoms with van der Waals surface area (Å²) >= 11 is 0. The van der Waals surface area contributed by atoms with E-state index in [0.717, 1.165) is 12.8 Å². The molecule has 2 saturated heterocycles. The maximum absolute atomic E-state index is 10.7. The molecule has 2 bridgehead atoms. The van der Waals surface area contributed by atoms with Gasteiger partial charge in [-0.1, -0.05) is 20.8 Å². The number of piperidine rings is 1. The van der Waals surface area contributed by atoms with E-state index in [2.05, 4.69) is 31.4 Å². The molecule has 3 atom stereocenters. The fourth-order valence-corrected chi connectivity index (χ4v) is 3.32. The number of carboxylic acid groups (broad SMARTS) is 1. The molecule has 2 fully saturated rings. The lowest BCUT2D eigenvalue weighted by Crippen LogP contribution is -2.60. The second-order valence-corrected chi connectivity index (χ2v) is 6.30. The Balaban J connectivity index is 2.13. The molecule has 2 aliphatic rings. The molecule has 0 saturated carbocycles. The van der Waals surface area contributed by atoms with Crippen LogP contribution >= 0.6 is 0 Å². The monoisotopic (exact) mass is 226 g/mol. The highest BCUT2D eigenvalue weighted by Gasteiger charge is 2.51. The van der Waals surface area contributed by atoms with Crippen molar-refractivity contribution in [3.05, 3.63) is 0 Å². The summed E-state index contributed by atoms with van der Waals surface area (Å²) in [4.78, 5) is 10.7. The lowest BCUT2D eigenvalue weighted by Gasteiger charge is -2.47. The number of carbonyl (C=O) groups is 1. The van der Waals surface area contributed by atoms with Crippen LogP contribution in [0.25, 0.3) is 0 Å². The number of amides is 1. The van der Waals surface area contributed by atoms with E-state index in [-0.39, 0.29) is 17.0 Å². The topological polar surface area (TPSA) is 61.4 Å². The minimum Gasteiger partial charge on any atom is -0.465 e. The molecule has 2 heterocycles. The van der Waals surface area contributed by atoms with E-state index in [0.29, 0.717) is 6.04 Å². The Morgan fingerprint density at radius 3 is 2.75 bits per heavy atom. The van der Waals surface area contributed by atoms with Crippen LogP contribution in [-0.4, -0.2) is 28.8 Å². The first kappa shape index (κ1) is 11.7. The quantitative estimate of drug-likeness (QED) is 0.640. The van der Waals surface area contributed by atoms with E-state index >= 15 is 0 Å². The van der Waals surface area contributed by atoms with Crippen molar-refractivity contribution in [2.24, 2.45) is 5.41 Å². The van der Waals surface area contributed by atoms with Gasteiger partial charge in [0.05, 0.1) is 0 Å². The molecular formula is C12H22N2O2. The highest BCUT2D eigenvalue weighted by atomic mass is 16.4. The maximum atomic E-state index is 10.7. The zero-order valence-electron chi connectivity index (χ0n) is 10.3. The molecule has 16 heavy (non-hydrogen) atoms. The summed E-state index contributed by atoms with van der Waals surface area (Å²) in [6, 6.07) is 0.607. The number of fused-ring (bicyclic) bond motifs is 2. The van der Waals surface area contributed by atoms with E-state index < -0.39 is 6.09 Å². The van der Waals surface area contributed by atoms with Crippen LogP contribution in [-0.2, 0) is 0 Å².